The van der Waals surface area contributed by atoms with Crippen molar-refractivity contribution in [3.63, 3.8) is 0 Å². The van der Waals surface area contributed by atoms with Crippen LogP contribution in [-0.2, 0) is 6.42 Å². The third kappa shape index (κ3) is 3.01. The first-order chi connectivity index (χ1) is 12.9. The maximum atomic E-state index is 4.99. The summed E-state index contributed by atoms with van der Waals surface area (Å²) in [5, 5.41) is 14.8. The highest BCUT2D eigenvalue weighted by Crippen LogP contribution is 2.32. The fourth-order valence-corrected chi connectivity index (χ4v) is 3.10. The van der Waals surface area contributed by atoms with Crippen LogP contribution in [0, 0.1) is 0 Å². The van der Waals surface area contributed by atoms with Gasteiger partial charge in [-0.15, -0.1) is 5.10 Å². The van der Waals surface area contributed by atoms with Crippen molar-refractivity contribution in [1.82, 2.24) is 30.2 Å². The second-order valence-electron chi connectivity index (χ2n) is 6.11. The molecule has 0 spiro atoms. The molecule has 6 heteroatoms. The number of nitrogens with one attached hydrogen (secondary N) is 1. The number of H-pyrrole nitrogens is 1. The fourth-order valence-electron chi connectivity index (χ4n) is 3.10. The molecule has 1 N–H and O–H groups in total. The molecule has 0 amide bonds. The Balaban J connectivity index is 1.99. The molecule has 0 bridgehead atoms. The maximum absolute atomic E-state index is 4.99. The quantitative estimate of drug-likeness (QED) is 0.572. The molecule has 0 saturated heterocycles. The lowest BCUT2D eigenvalue weighted by molar-refractivity contribution is 0.782. The van der Waals surface area contributed by atoms with E-state index in [2.05, 4.69) is 51.8 Å². The van der Waals surface area contributed by atoms with E-state index in [9.17, 15) is 0 Å². The molecule has 0 radical (unpaired) electrons. The molecule has 0 aliphatic carbocycles. The van der Waals surface area contributed by atoms with E-state index >= 15 is 0 Å². The van der Waals surface area contributed by atoms with Crippen molar-refractivity contribution in [2.24, 2.45) is 0 Å². The van der Waals surface area contributed by atoms with Crippen LogP contribution in [0.3, 0.4) is 0 Å². The number of aryl methyl sites for hydroxylation is 1. The zero-order valence-corrected chi connectivity index (χ0v) is 14.6. The molecule has 2 heterocycles. The van der Waals surface area contributed by atoms with Gasteiger partial charge >= 0.3 is 0 Å². The van der Waals surface area contributed by atoms with Gasteiger partial charge in [0, 0.05) is 11.1 Å². The monoisotopic (exact) mass is 344 g/mol. The first-order valence-corrected chi connectivity index (χ1v) is 8.84. The Kier molecular flexibility index (Phi) is 4.55. The molecular weight excluding hydrogens is 324 g/mol. The number of imidazole rings is 1. The zero-order chi connectivity index (χ0) is 17.8. The van der Waals surface area contributed by atoms with Gasteiger partial charge in [0.1, 0.15) is 5.82 Å². The van der Waals surface area contributed by atoms with Crippen LogP contribution in [0.25, 0.3) is 28.6 Å². The number of nitrogens with zero attached hydrogens (tertiary/aromatic N) is 5. The van der Waals surface area contributed by atoms with Gasteiger partial charge in [0.15, 0.2) is 0 Å². The molecule has 6 nitrogen and oxygen atoms in total. The molecule has 0 fully saturated rings. The number of tetrazole rings is 1. The minimum atomic E-state index is 0.498. The van der Waals surface area contributed by atoms with Gasteiger partial charge < -0.3 is 0 Å². The molecule has 4 rings (SSSR count). The number of rotatable bonds is 6. The summed E-state index contributed by atoms with van der Waals surface area (Å²) in [5.41, 5.74) is 4.20. The average Bonchev–Trinajstić information content (AvgIpc) is 3.35. The largest absolute Gasteiger partial charge is 0.276 e. The van der Waals surface area contributed by atoms with Crippen molar-refractivity contribution in [2.75, 3.05) is 0 Å². The number of aromatic amines is 1. The van der Waals surface area contributed by atoms with E-state index in [1.165, 1.54) is 0 Å². The van der Waals surface area contributed by atoms with E-state index in [4.69, 9.17) is 4.98 Å². The lowest BCUT2D eigenvalue weighted by Gasteiger charge is -2.09. The van der Waals surface area contributed by atoms with Gasteiger partial charge in [-0.25, -0.2) is 4.98 Å². The first-order valence-electron chi connectivity index (χ1n) is 8.84. The van der Waals surface area contributed by atoms with Gasteiger partial charge in [0.2, 0.25) is 0 Å². The molecule has 0 unspecified atom stereocenters. The third-order valence-electron chi connectivity index (χ3n) is 4.33. The normalized spacial score (nSPS) is 11.0. The van der Waals surface area contributed by atoms with Crippen molar-refractivity contribution < 1.29 is 0 Å². The number of hydrogen-bond donors (Lipinski definition) is 1. The summed E-state index contributed by atoms with van der Waals surface area (Å²) < 4.78 is 2.00. The number of hydrogen-bond acceptors (Lipinski definition) is 4. The van der Waals surface area contributed by atoms with Crippen LogP contribution in [0.2, 0.25) is 0 Å². The highest BCUT2D eigenvalue weighted by molar-refractivity contribution is 5.71. The summed E-state index contributed by atoms with van der Waals surface area (Å²) >= 11 is 0. The number of unbranched alkanes of at least 4 members (excludes halogenated alkanes) is 1. The molecule has 4 aromatic rings. The van der Waals surface area contributed by atoms with Crippen molar-refractivity contribution in [3.05, 3.63) is 66.4 Å². The smallest absolute Gasteiger partial charge is 0.257 e. The molecule has 2 aromatic heterocycles. The Hall–Kier alpha value is -3.28. The number of aromatic nitrogens is 6. The van der Waals surface area contributed by atoms with E-state index < -0.39 is 0 Å². The van der Waals surface area contributed by atoms with Gasteiger partial charge in [-0.05, 0) is 18.1 Å². The minimum Gasteiger partial charge on any atom is -0.257 e. The first kappa shape index (κ1) is 16.2. The van der Waals surface area contributed by atoms with Gasteiger partial charge in [0.25, 0.3) is 5.95 Å². The van der Waals surface area contributed by atoms with Crippen LogP contribution >= 0.6 is 0 Å². The van der Waals surface area contributed by atoms with Crippen LogP contribution in [0.5, 0.6) is 0 Å². The standard InChI is InChI=1S/C20H20N6/c1-2-3-14-17-18(15-10-6-4-7-11-15)26(20-22-24-25-23-20)19(21-17)16-12-8-5-9-13-16/h4-13H,2-3,14H2,1H3,(H,22,23,24,25). The summed E-state index contributed by atoms with van der Waals surface area (Å²) in [4.78, 5) is 4.99. The second kappa shape index (κ2) is 7.31. The molecule has 0 atom stereocenters. The second-order valence-corrected chi connectivity index (χ2v) is 6.11. The molecule has 0 saturated carbocycles. The Morgan fingerprint density at radius 1 is 0.923 bits per heavy atom. The van der Waals surface area contributed by atoms with Crippen LogP contribution in [0.1, 0.15) is 25.5 Å². The maximum Gasteiger partial charge on any atom is 0.276 e. The Morgan fingerprint density at radius 2 is 1.62 bits per heavy atom. The van der Waals surface area contributed by atoms with Crippen molar-refractivity contribution >= 4 is 0 Å². The number of benzene rings is 2. The van der Waals surface area contributed by atoms with Crippen LogP contribution in [0.15, 0.2) is 60.7 Å². The van der Waals surface area contributed by atoms with Crippen molar-refractivity contribution in [2.45, 2.75) is 26.2 Å². The Morgan fingerprint density at radius 3 is 2.23 bits per heavy atom. The summed E-state index contributed by atoms with van der Waals surface area (Å²) in [6.07, 6.45) is 3.10. The van der Waals surface area contributed by atoms with E-state index in [-0.39, 0.29) is 0 Å². The molecule has 0 aliphatic heterocycles. The van der Waals surface area contributed by atoms with Gasteiger partial charge in [0.05, 0.1) is 11.4 Å². The van der Waals surface area contributed by atoms with E-state index in [0.717, 1.165) is 47.6 Å². The topological polar surface area (TPSA) is 72.3 Å². The highest BCUT2D eigenvalue weighted by Gasteiger charge is 2.22. The summed E-state index contributed by atoms with van der Waals surface area (Å²) in [5.74, 6) is 1.33. The van der Waals surface area contributed by atoms with E-state index in [1.54, 1.807) is 0 Å². The van der Waals surface area contributed by atoms with Crippen LogP contribution in [-0.4, -0.2) is 30.2 Å². The van der Waals surface area contributed by atoms with Gasteiger partial charge in [-0.3, -0.25) is 4.57 Å². The predicted octanol–water partition coefficient (Wildman–Crippen LogP) is 4.06. The third-order valence-corrected chi connectivity index (χ3v) is 4.33. The van der Waals surface area contributed by atoms with Gasteiger partial charge in [-0.2, -0.15) is 5.21 Å². The van der Waals surface area contributed by atoms with Gasteiger partial charge in [-0.1, -0.05) is 79.1 Å². The Labute approximate surface area is 151 Å². The van der Waals surface area contributed by atoms with E-state index in [1.807, 2.05) is 41.0 Å². The summed E-state index contributed by atoms with van der Waals surface area (Å²) in [6, 6.07) is 20.4. The molecule has 26 heavy (non-hydrogen) atoms. The van der Waals surface area contributed by atoms with Crippen molar-refractivity contribution in [1.29, 1.82) is 0 Å². The zero-order valence-electron chi connectivity index (χ0n) is 14.6. The molecule has 2 aromatic carbocycles. The van der Waals surface area contributed by atoms with Crippen LogP contribution < -0.4 is 0 Å². The van der Waals surface area contributed by atoms with Crippen LogP contribution in [0.4, 0.5) is 0 Å². The fraction of sp³-hybridized carbons (Fsp3) is 0.200. The minimum absolute atomic E-state index is 0.498. The summed E-state index contributed by atoms with van der Waals surface area (Å²) in [6.45, 7) is 2.19. The Bertz CT molecular complexity index is 958. The molecule has 0 aliphatic rings. The molecule has 130 valence electrons. The predicted molar refractivity (Wildman–Crippen MR) is 101 cm³/mol. The highest BCUT2D eigenvalue weighted by atomic mass is 15.5. The average molecular weight is 344 g/mol. The molecular formula is C20H20N6. The lowest BCUT2D eigenvalue weighted by Crippen LogP contribution is -2.03. The van der Waals surface area contributed by atoms with Crippen molar-refractivity contribution in [3.8, 4) is 28.6 Å². The van der Waals surface area contributed by atoms with E-state index in [0.29, 0.717) is 5.95 Å². The summed E-state index contributed by atoms with van der Waals surface area (Å²) in [7, 11) is 0. The lowest BCUT2D eigenvalue weighted by atomic mass is 10.1. The SMILES string of the molecule is CCCCc1nc(-c2ccccc2)n(-c2nn[nH]n2)c1-c1ccccc1.